The van der Waals surface area contributed by atoms with Crippen molar-refractivity contribution in [2.45, 2.75) is 12.1 Å². The summed E-state index contributed by atoms with van der Waals surface area (Å²) in [5, 5.41) is 3.05. The molecule has 6 nitrogen and oxygen atoms in total. The molecule has 2 heterocycles. The fourth-order valence-electron chi connectivity index (χ4n) is 2.98. The van der Waals surface area contributed by atoms with Crippen molar-refractivity contribution in [1.82, 2.24) is 14.9 Å². The number of aryl methyl sites for hydroxylation is 1. The lowest BCUT2D eigenvalue weighted by molar-refractivity contribution is -0.130. The van der Waals surface area contributed by atoms with Gasteiger partial charge in [0.15, 0.2) is 11.5 Å². The number of rotatable bonds is 4. The van der Waals surface area contributed by atoms with Gasteiger partial charge in [-0.1, -0.05) is 42.5 Å². The van der Waals surface area contributed by atoms with Gasteiger partial charge in [-0.2, -0.15) is 0 Å². The van der Waals surface area contributed by atoms with Crippen LogP contribution in [0.5, 0.6) is 11.5 Å². The van der Waals surface area contributed by atoms with E-state index in [-0.39, 0.29) is 18.6 Å². The number of ether oxygens (including phenoxy) is 2. The highest BCUT2D eigenvalue weighted by Gasteiger charge is 2.30. The summed E-state index contributed by atoms with van der Waals surface area (Å²) in [7, 11) is 1.90. The second-order valence-electron chi connectivity index (χ2n) is 6.11. The Labute approximate surface area is 151 Å². The van der Waals surface area contributed by atoms with Crippen molar-refractivity contribution in [3.05, 3.63) is 78.4 Å². The van der Waals surface area contributed by atoms with Crippen molar-refractivity contribution >= 4 is 5.91 Å². The van der Waals surface area contributed by atoms with E-state index < -0.39 is 6.10 Å². The molecule has 1 aromatic heterocycles. The molecule has 0 saturated carbocycles. The molecule has 4 rings (SSSR count). The Bertz CT molecular complexity index is 907. The molecule has 132 valence electrons. The van der Waals surface area contributed by atoms with Crippen LogP contribution in [-0.4, -0.2) is 28.2 Å². The van der Waals surface area contributed by atoms with Crippen molar-refractivity contribution in [3.63, 3.8) is 0 Å². The summed E-state index contributed by atoms with van der Waals surface area (Å²) < 4.78 is 13.4. The van der Waals surface area contributed by atoms with Gasteiger partial charge in [-0.25, -0.2) is 4.98 Å². The van der Waals surface area contributed by atoms with Crippen LogP contribution in [-0.2, 0) is 11.8 Å². The van der Waals surface area contributed by atoms with E-state index in [1.54, 1.807) is 12.3 Å². The molecule has 2 unspecified atom stereocenters. The van der Waals surface area contributed by atoms with Gasteiger partial charge in [-0.15, -0.1) is 0 Å². The number of aromatic nitrogens is 2. The van der Waals surface area contributed by atoms with Gasteiger partial charge in [0.25, 0.3) is 5.91 Å². The Kier molecular flexibility index (Phi) is 4.31. The van der Waals surface area contributed by atoms with Gasteiger partial charge in [0, 0.05) is 19.4 Å². The third-order valence-electron chi connectivity index (χ3n) is 4.34. The molecule has 1 aliphatic heterocycles. The zero-order valence-electron chi connectivity index (χ0n) is 14.3. The van der Waals surface area contributed by atoms with E-state index in [1.165, 1.54) is 0 Å². The third kappa shape index (κ3) is 3.13. The predicted octanol–water partition coefficient (Wildman–Crippen LogP) is 2.47. The van der Waals surface area contributed by atoms with Gasteiger partial charge in [0.1, 0.15) is 18.5 Å². The Morgan fingerprint density at radius 3 is 2.62 bits per heavy atom. The number of benzene rings is 2. The maximum Gasteiger partial charge on any atom is 0.265 e. The predicted molar refractivity (Wildman–Crippen MR) is 96.0 cm³/mol. The molecule has 0 spiro atoms. The molecule has 0 radical (unpaired) electrons. The lowest BCUT2D eigenvalue weighted by atomic mass is 10.1. The Morgan fingerprint density at radius 1 is 1.15 bits per heavy atom. The highest BCUT2D eigenvalue weighted by molar-refractivity contribution is 5.82. The van der Waals surface area contributed by atoms with Crippen LogP contribution in [0.25, 0.3) is 0 Å². The molecule has 1 aliphatic rings. The number of hydrogen-bond donors (Lipinski definition) is 1. The van der Waals surface area contributed by atoms with Crippen LogP contribution in [0.4, 0.5) is 0 Å². The molecule has 26 heavy (non-hydrogen) atoms. The number of hydrogen-bond acceptors (Lipinski definition) is 4. The van der Waals surface area contributed by atoms with Crippen LogP contribution in [0.1, 0.15) is 17.4 Å². The van der Waals surface area contributed by atoms with Gasteiger partial charge in [0.05, 0.1) is 0 Å². The molecule has 0 aliphatic carbocycles. The molecule has 2 atom stereocenters. The molecule has 2 aromatic carbocycles. The minimum Gasteiger partial charge on any atom is -0.485 e. The smallest absolute Gasteiger partial charge is 0.265 e. The molecular formula is C20H19N3O3. The van der Waals surface area contributed by atoms with Crippen molar-refractivity contribution < 1.29 is 14.3 Å². The average molecular weight is 349 g/mol. The second kappa shape index (κ2) is 6.92. The molecule has 1 N–H and O–H groups in total. The molecule has 0 fully saturated rings. The molecule has 1 amide bonds. The van der Waals surface area contributed by atoms with Gasteiger partial charge in [-0.05, 0) is 17.7 Å². The van der Waals surface area contributed by atoms with Crippen LogP contribution < -0.4 is 14.8 Å². The van der Waals surface area contributed by atoms with Crippen molar-refractivity contribution in [1.29, 1.82) is 0 Å². The van der Waals surface area contributed by atoms with E-state index in [4.69, 9.17) is 9.47 Å². The summed E-state index contributed by atoms with van der Waals surface area (Å²) >= 11 is 0. The maximum absolute atomic E-state index is 12.8. The zero-order chi connectivity index (χ0) is 17.9. The van der Waals surface area contributed by atoms with Crippen LogP contribution >= 0.6 is 0 Å². The highest BCUT2D eigenvalue weighted by atomic mass is 16.6. The van der Waals surface area contributed by atoms with Crippen LogP contribution in [0.15, 0.2) is 67.0 Å². The number of nitrogens with zero attached hydrogens (tertiary/aromatic N) is 2. The number of imidazole rings is 1. The number of carbonyl (C=O) groups is 1. The summed E-state index contributed by atoms with van der Waals surface area (Å²) in [6.07, 6.45) is 2.86. The summed E-state index contributed by atoms with van der Waals surface area (Å²) in [6, 6.07) is 16.7. The Hall–Kier alpha value is -3.28. The average Bonchev–Trinajstić information content (AvgIpc) is 3.12. The fraction of sp³-hybridized carbons (Fsp3) is 0.200. The minimum absolute atomic E-state index is 0.172. The van der Waals surface area contributed by atoms with E-state index in [0.717, 1.165) is 11.4 Å². The SMILES string of the molecule is Cn1ccnc1C(NC(=O)C1COc2ccccc2O1)c1ccccc1. The normalized spacial score (nSPS) is 16.7. The first-order valence-corrected chi connectivity index (χ1v) is 8.43. The van der Waals surface area contributed by atoms with Crippen molar-refractivity contribution in [3.8, 4) is 11.5 Å². The number of para-hydroxylation sites is 2. The molecule has 0 bridgehead atoms. The summed E-state index contributed by atoms with van der Waals surface area (Å²) in [6.45, 7) is 0.172. The van der Waals surface area contributed by atoms with E-state index in [9.17, 15) is 4.79 Å². The molecule has 0 saturated heterocycles. The lowest BCUT2D eigenvalue weighted by Crippen LogP contribution is -2.45. The standard InChI is InChI=1S/C20H19N3O3/c1-23-12-11-21-19(23)18(14-7-3-2-4-8-14)22-20(24)17-13-25-15-9-5-6-10-16(15)26-17/h2-12,17-18H,13H2,1H3,(H,22,24). The monoisotopic (exact) mass is 349 g/mol. The zero-order valence-corrected chi connectivity index (χ0v) is 14.3. The Balaban J connectivity index is 1.57. The molecule has 6 heteroatoms. The van der Waals surface area contributed by atoms with E-state index in [1.807, 2.05) is 66.3 Å². The van der Waals surface area contributed by atoms with E-state index in [2.05, 4.69) is 10.3 Å². The number of nitrogens with one attached hydrogen (secondary N) is 1. The number of carbonyl (C=O) groups excluding carboxylic acids is 1. The second-order valence-corrected chi connectivity index (χ2v) is 6.11. The quantitative estimate of drug-likeness (QED) is 0.786. The summed E-state index contributed by atoms with van der Waals surface area (Å²) in [5.41, 5.74) is 0.951. The van der Waals surface area contributed by atoms with Gasteiger partial charge in [-0.3, -0.25) is 4.79 Å². The first kappa shape index (κ1) is 16.2. The Morgan fingerprint density at radius 2 is 1.88 bits per heavy atom. The van der Waals surface area contributed by atoms with E-state index >= 15 is 0 Å². The maximum atomic E-state index is 12.8. The fourth-order valence-corrected chi connectivity index (χ4v) is 2.98. The topological polar surface area (TPSA) is 65.4 Å². The third-order valence-corrected chi connectivity index (χ3v) is 4.34. The van der Waals surface area contributed by atoms with Gasteiger partial charge in [0.2, 0.25) is 6.10 Å². The van der Waals surface area contributed by atoms with E-state index in [0.29, 0.717) is 11.5 Å². The van der Waals surface area contributed by atoms with Crippen LogP contribution in [0.3, 0.4) is 0 Å². The highest BCUT2D eigenvalue weighted by Crippen LogP contribution is 2.31. The van der Waals surface area contributed by atoms with Crippen molar-refractivity contribution in [2.75, 3.05) is 6.61 Å². The molecule has 3 aromatic rings. The summed E-state index contributed by atoms with van der Waals surface area (Å²) in [4.78, 5) is 17.2. The van der Waals surface area contributed by atoms with Crippen LogP contribution in [0, 0.1) is 0 Å². The van der Waals surface area contributed by atoms with Gasteiger partial charge >= 0.3 is 0 Å². The van der Waals surface area contributed by atoms with Crippen LogP contribution in [0.2, 0.25) is 0 Å². The number of amides is 1. The first-order chi connectivity index (χ1) is 12.7. The first-order valence-electron chi connectivity index (χ1n) is 8.43. The minimum atomic E-state index is -0.712. The summed E-state index contributed by atoms with van der Waals surface area (Å²) in [5.74, 6) is 1.74. The van der Waals surface area contributed by atoms with Gasteiger partial charge < -0.3 is 19.4 Å². The lowest BCUT2D eigenvalue weighted by Gasteiger charge is -2.27. The molecular weight excluding hydrogens is 330 g/mol. The van der Waals surface area contributed by atoms with Crippen molar-refractivity contribution in [2.24, 2.45) is 7.05 Å². The largest absolute Gasteiger partial charge is 0.485 e. The number of fused-ring (bicyclic) bond motifs is 1.